The predicted molar refractivity (Wildman–Crippen MR) is 80.1 cm³/mol. The molecule has 1 fully saturated rings. The molecule has 19 heavy (non-hydrogen) atoms. The van der Waals surface area contributed by atoms with Crippen molar-refractivity contribution in [1.82, 2.24) is 4.90 Å². The predicted octanol–water partition coefficient (Wildman–Crippen LogP) is 3.07. The summed E-state index contributed by atoms with van der Waals surface area (Å²) in [5, 5.41) is 0. The van der Waals surface area contributed by atoms with E-state index >= 15 is 0 Å². The van der Waals surface area contributed by atoms with Crippen molar-refractivity contribution in [2.75, 3.05) is 0 Å². The number of aryl methyl sites for hydroxylation is 1. The number of carbonyl (C=O) groups excluding carboxylic acids is 1. The number of rotatable bonds is 7. The molecule has 0 radical (unpaired) electrons. The van der Waals surface area contributed by atoms with E-state index in [0.717, 1.165) is 38.6 Å². The first-order valence-corrected chi connectivity index (χ1v) is 8.04. The second-order valence-corrected chi connectivity index (χ2v) is 6.83. The Kier molecular flexibility index (Phi) is 4.99. The zero-order valence-electron chi connectivity index (χ0n) is 11.9. The average Bonchev–Trinajstić information content (AvgIpc) is 3.15. The van der Waals surface area contributed by atoms with Gasteiger partial charge in [0.05, 0.1) is 12.6 Å². The Balaban J connectivity index is 1.97. The molecular formula is C15H24N2OS. The Morgan fingerprint density at radius 2 is 2.26 bits per heavy atom. The minimum Gasteiger partial charge on any atom is -0.333 e. The van der Waals surface area contributed by atoms with E-state index in [4.69, 9.17) is 5.73 Å². The fourth-order valence-corrected chi connectivity index (χ4v) is 3.16. The number of hydrogen-bond donors (Lipinski definition) is 1. The average molecular weight is 280 g/mol. The van der Waals surface area contributed by atoms with E-state index in [1.807, 2.05) is 4.90 Å². The van der Waals surface area contributed by atoms with Gasteiger partial charge in [0.1, 0.15) is 0 Å². The minimum atomic E-state index is -0.318. The van der Waals surface area contributed by atoms with Crippen molar-refractivity contribution in [2.45, 2.75) is 64.6 Å². The third-order valence-corrected chi connectivity index (χ3v) is 4.56. The molecule has 0 saturated heterocycles. The Bertz CT molecular complexity index is 426. The van der Waals surface area contributed by atoms with Gasteiger partial charge in [0, 0.05) is 15.8 Å². The molecule has 0 aliphatic heterocycles. The molecular weight excluding hydrogens is 256 g/mol. The molecule has 3 nitrogen and oxygen atoms in total. The van der Waals surface area contributed by atoms with Crippen LogP contribution in [-0.2, 0) is 11.3 Å². The fourth-order valence-electron chi connectivity index (χ4n) is 2.27. The summed E-state index contributed by atoms with van der Waals surface area (Å²) in [6.45, 7) is 4.97. The molecule has 106 valence electrons. The van der Waals surface area contributed by atoms with E-state index in [1.165, 1.54) is 9.75 Å². The summed E-state index contributed by atoms with van der Waals surface area (Å²) < 4.78 is 0. The number of amides is 1. The van der Waals surface area contributed by atoms with Crippen LogP contribution in [0.3, 0.4) is 0 Å². The number of nitrogens with two attached hydrogens (primary N) is 1. The summed E-state index contributed by atoms with van der Waals surface area (Å²) >= 11 is 1.77. The molecule has 1 saturated carbocycles. The minimum absolute atomic E-state index is 0.141. The topological polar surface area (TPSA) is 46.3 Å². The smallest absolute Gasteiger partial charge is 0.240 e. The van der Waals surface area contributed by atoms with E-state index in [1.54, 1.807) is 11.3 Å². The van der Waals surface area contributed by atoms with Gasteiger partial charge in [-0.3, -0.25) is 4.79 Å². The molecule has 1 aliphatic carbocycles. The molecule has 2 rings (SSSR count). The quantitative estimate of drug-likeness (QED) is 0.834. The lowest BCUT2D eigenvalue weighted by atomic mass is 10.1. The largest absolute Gasteiger partial charge is 0.333 e. The van der Waals surface area contributed by atoms with E-state index in [2.05, 4.69) is 26.0 Å². The van der Waals surface area contributed by atoms with Gasteiger partial charge < -0.3 is 10.6 Å². The summed E-state index contributed by atoms with van der Waals surface area (Å²) in [5.74, 6) is 0.141. The maximum atomic E-state index is 12.4. The number of hydrogen-bond acceptors (Lipinski definition) is 3. The van der Waals surface area contributed by atoms with Crippen LogP contribution in [0.2, 0.25) is 0 Å². The van der Waals surface area contributed by atoms with Crippen LogP contribution in [0.4, 0.5) is 0 Å². The fraction of sp³-hybridized carbons (Fsp3) is 0.667. The Morgan fingerprint density at radius 1 is 1.53 bits per heavy atom. The number of thiophene rings is 1. The van der Waals surface area contributed by atoms with E-state index in [-0.39, 0.29) is 11.9 Å². The van der Waals surface area contributed by atoms with Crippen molar-refractivity contribution in [3.63, 3.8) is 0 Å². The molecule has 1 heterocycles. The highest BCUT2D eigenvalue weighted by Crippen LogP contribution is 2.30. The third kappa shape index (κ3) is 4.05. The van der Waals surface area contributed by atoms with Gasteiger partial charge >= 0.3 is 0 Å². The number of carbonyl (C=O) groups is 1. The number of nitrogens with zero attached hydrogens (tertiary/aromatic N) is 1. The zero-order valence-corrected chi connectivity index (χ0v) is 12.7. The summed E-state index contributed by atoms with van der Waals surface area (Å²) in [4.78, 5) is 17.0. The van der Waals surface area contributed by atoms with Gasteiger partial charge in [0.15, 0.2) is 0 Å². The van der Waals surface area contributed by atoms with Crippen LogP contribution in [0, 0.1) is 6.92 Å². The van der Waals surface area contributed by atoms with Gasteiger partial charge in [-0.15, -0.1) is 11.3 Å². The lowest BCUT2D eigenvalue weighted by molar-refractivity contribution is -0.134. The maximum absolute atomic E-state index is 12.4. The normalized spacial score (nSPS) is 16.4. The van der Waals surface area contributed by atoms with Gasteiger partial charge in [-0.25, -0.2) is 0 Å². The lowest BCUT2D eigenvalue weighted by Crippen LogP contribution is -2.44. The molecule has 2 N–H and O–H groups in total. The zero-order chi connectivity index (χ0) is 13.8. The standard InChI is InChI=1S/C15H24N2OS/c1-3-4-5-14(16)15(18)17(12-7-8-12)10-13-9-6-11(2)19-13/h6,9,12,14H,3-5,7-8,10,16H2,1-2H3. The molecule has 0 aromatic carbocycles. The second kappa shape index (κ2) is 6.53. The van der Waals surface area contributed by atoms with Crippen LogP contribution in [0.15, 0.2) is 12.1 Å². The molecule has 1 aromatic heterocycles. The van der Waals surface area contributed by atoms with Gasteiger partial charge in [-0.2, -0.15) is 0 Å². The van der Waals surface area contributed by atoms with E-state index in [9.17, 15) is 4.79 Å². The van der Waals surface area contributed by atoms with Crippen molar-refractivity contribution < 1.29 is 4.79 Å². The van der Waals surface area contributed by atoms with Crippen LogP contribution < -0.4 is 5.73 Å². The van der Waals surface area contributed by atoms with Gasteiger partial charge in [0.2, 0.25) is 5.91 Å². The van der Waals surface area contributed by atoms with Gasteiger partial charge in [-0.1, -0.05) is 19.8 Å². The van der Waals surface area contributed by atoms with Crippen LogP contribution in [0.1, 0.15) is 48.8 Å². The summed E-state index contributed by atoms with van der Waals surface area (Å²) in [5.41, 5.74) is 6.04. The SMILES string of the molecule is CCCCC(N)C(=O)N(Cc1ccc(C)s1)C1CC1. The van der Waals surface area contributed by atoms with Crippen molar-refractivity contribution in [3.8, 4) is 0 Å². The third-order valence-electron chi connectivity index (χ3n) is 3.58. The Morgan fingerprint density at radius 3 is 2.79 bits per heavy atom. The molecule has 1 atom stereocenters. The summed E-state index contributed by atoms with van der Waals surface area (Å²) in [7, 11) is 0. The van der Waals surface area contributed by atoms with Crippen molar-refractivity contribution in [3.05, 3.63) is 21.9 Å². The maximum Gasteiger partial charge on any atom is 0.240 e. The first-order chi connectivity index (χ1) is 9.11. The van der Waals surface area contributed by atoms with E-state index < -0.39 is 0 Å². The first kappa shape index (κ1) is 14.5. The van der Waals surface area contributed by atoms with Crippen LogP contribution >= 0.6 is 11.3 Å². The van der Waals surface area contributed by atoms with Crippen LogP contribution in [0.5, 0.6) is 0 Å². The molecule has 1 unspecified atom stereocenters. The monoisotopic (exact) mass is 280 g/mol. The second-order valence-electron chi connectivity index (χ2n) is 5.46. The van der Waals surface area contributed by atoms with Gasteiger partial charge in [-0.05, 0) is 38.3 Å². The van der Waals surface area contributed by atoms with Crippen molar-refractivity contribution >= 4 is 17.2 Å². The molecule has 0 bridgehead atoms. The summed E-state index contributed by atoms with van der Waals surface area (Å²) in [6, 6.07) is 4.36. The van der Waals surface area contributed by atoms with Crippen LogP contribution in [-0.4, -0.2) is 22.9 Å². The lowest BCUT2D eigenvalue weighted by Gasteiger charge is -2.25. The highest BCUT2D eigenvalue weighted by atomic mass is 32.1. The van der Waals surface area contributed by atoms with Crippen LogP contribution in [0.25, 0.3) is 0 Å². The first-order valence-electron chi connectivity index (χ1n) is 7.23. The summed E-state index contributed by atoms with van der Waals surface area (Å²) in [6.07, 6.45) is 5.20. The van der Waals surface area contributed by atoms with E-state index in [0.29, 0.717) is 6.04 Å². The van der Waals surface area contributed by atoms with Crippen molar-refractivity contribution in [1.29, 1.82) is 0 Å². The van der Waals surface area contributed by atoms with Gasteiger partial charge in [0.25, 0.3) is 0 Å². The molecule has 1 aliphatic rings. The Labute approximate surface area is 119 Å². The highest BCUT2D eigenvalue weighted by molar-refractivity contribution is 7.11. The number of unbranched alkanes of at least 4 members (excludes halogenated alkanes) is 1. The molecule has 1 amide bonds. The molecule has 0 spiro atoms. The van der Waals surface area contributed by atoms with Crippen molar-refractivity contribution in [2.24, 2.45) is 5.73 Å². The Hall–Kier alpha value is -0.870. The highest BCUT2D eigenvalue weighted by Gasteiger charge is 2.34. The molecule has 1 aromatic rings. The molecule has 4 heteroatoms.